The van der Waals surface area contributed by atoms with Crippen molar-refractivity contribution in [3.63, 3.8) is 0 Å². The molecule has 0 aliphatic carbocycles. The molecule has 0 amide bonds. The summed E-state index contributed by atoms with van der Waals surface area (Å²) in [7, 11) is 0. The van der Waals surface area contributed by atoms with Crippen molar-refractivity contribution in [3.05, 3.63) is 35.5 Å². The van der Waals surface area contributed by atoms with Crippen molar-refractivity contribution in [1.82, 2.24) is 4.98 Å². The van der Waals surface area contributed by atoms with Crippen LogP contribution in [0.15, 0.2) is 24.4 Å². The lowest BCUT2D eigenvalue weighted by Crippen LogP contribution is -1.90. The molecule has 2 N–H and O–H groups in total. The van der Waals surface area contributed by atoms with Gasteiger partial charge in [0.05, 0.1) is 6.10 Å². The van der Waals surface area contributed by atoms with Crippen LogP contribution in [0.25, 0.3) is 10.9 Å². The Morgan fingerprint density at radius 3 is 2.53 bits per heavy atom. The molecule has 2 aromatic rings. The standard InChI is InChI=1S/C13H17NO/c1-8(2)10-4-5-13-11(6-10)12(7-14-13)9(3)15/h4-9,14-15H,1-3H3. The fourth-order valence-electron chi connectivity index (χ4n) is 1.86. The van der Waals surface area contributed by atoms with Crippen LogP contribution in [0, 0.1) is 0 Å². The molecule has 2 nitrogen and oxygen atoms in total. The maximum absolute atomic E-state index is 9.62. The second-order valence-electron chi connectivity index (χ2n) is 4.38. The predicted molar refractivity (Wildman–Crippen MR) is 63.0 cm³/mol. The number of aromatic amines is 1. The number of rotatable bonds is 2. The first-order valence-electron chi connectivity index (χ1n) is 5.38. The molecule has 0 spiro atoms. The first kappa shape index (κ1) is 10.2. The van der Waals surface area contributed by atoms with Crippen molar-refractivity contribution in [1.29, 1.82) is 0 Å². The van der Waals surface area contributed by atoms with E-state index in [1.165, 1.54) is 5.56 Å². The number of benzene rings is 1. The van der Waals surface area contributed by atoms with Gasteiger partial charge in [-0.3, -0.25) is 0 Å². The van der Waals surface area contributed by atoms with Gasteiger partial charge in [-0.25, -0.2) is 0 Å². The highest BCUT2D eigenvalue weighted by Gasteiger charge is 2.09. The van der Waals surface area contributed by atoms with E-state index in [2.05, 4.69) is 37.0 Å². The van der Waals surface area contributed by atoms with Crippen LogP contribution in [0.3, 0.4) is 0 Å². The van der Waals surface area contributed by atoms with E-state index in [1.54, 1.807) is 6.92 Å². The Labute approximate surface area is 89.9 Å². The zero-order valence-corrected chi connectivity index (χ0v) is 9.41. The maximum Gasteiger partial charge on any atom is 0.0782 e. The third kappa shape index (κ3) is 1.77. The summed E-state index contributed by atoms with van der Waals surface area (Å²) in [5.41, 5.74) is 3.38. The second kappa shape index (κ2) is 3.70. The van der Waals surface area contributed by atoms with Gasteiger partial charge in [0.15, 0.2) is 0 Å². The normalized spacial score (nSPS) is 13.7. The van der Waals surface area contributed by atoms with Crippen LogP contribution < -0.4 is 0 Å². The van der Waals surface area contributed by atoms with Gasteiger partial charge >= 0.3 is 0 Å². The molecule has 1 aromatic carbocycles. The summed E-state index contributed by atoms with van der Waals surface area (Å²) in [6, 6.07) is 6.38. The quantitative estimate of drug-likeness (QED) is 0.771. The van der Waals surface area contributed by atoms with Crippen molar-refractivity contribution < 1.29 is 5.11 Å². The van der Waals surface area contributed by atoms with Gasteiger partial charge in [0.25, 0.3) is 0 Å². The molecule has 1 heterocycles. The lowest BCUT2D eigenvalue weighted by molar-refractivity contribution is 0.201. The van der Waals surface area contributed by atoms with Gasteiger partial charge in [0.2, 0.25) is 0 Å². The average Bonchev–Trinajstić information content (AvgIpc) is 2.59. The van der Waals surface area contributed by atoms with Crippen molar-refractivity contribution in [2.45, 2.75) is 32.8 Å². The molecular weight excluding hydrogens is 186 g/mol. The van der Waals surface area contributed by atoms with E-state index in [0.717, 1.165) is 16.5 Å². The number of aliphatic hydroxyl groups is 1. The number of aromatic nitrogens is 1. The van der Waals surface area contributed by atoms with E-state index >= 15 is 0 Å². The van der Waals surface area contributed by atoms with E-state index in [9.17, 15) is 5.11 Å². The molecule has 1 atom stereocenters. The number of aliphatic hydroxyl groups excluding tert-OH is 1. The lowest BCUT2D eigenvalue weighted by atomic mass is 9.99. The Hall–Kier alpha value is -1.28. The molecule has 0 saturated carbocycles. The van der Waals surface area contributed by atoms with E-state index in [4.69, 9.17) is 0 Å². The molecule has 1 unspecified atom stereocenters. The monoisotopic (exact) mass is 203 g/mol. The van der Waals surface area contributed by atoms with Gasteiger partial charge in [-0.1, -0.05) is 19.9 Å². The highest BCUT2D eigenvalue weighted by Crippen LogP contribution is 2.27. The Morgan fingerprint density at radius 1 is 1.20 bits per heavy atom. The van der Waals surface area contributed by atoms with Crippen LogP contribution in [0.1, 0.15) is 43.9 Å². The first-order valence-corrected chi connectivity index (χ1v) is 5.38. The average molecular weight is 203 g/mol. The summed E-state index contributed by atoms with van der Waals surface area (Å²) in [6.45, 7) is 6.15. The minimum absolute atomic E-state index is 0.416. The Kier molecular flexibility index (Phi) is 2.53. The van der Waals surface area contributed by atoms with Crippen molar-refractivity contribution in [2.75, 3.05) is 0 Å². The molecule has 15 heavy (non-hydrogen) atoms. The Balaban J connectivity index is 2.61. The first-order chi connectivity index (χ1) is 7.09. The fourth-order valence-corrected chi connectivity index (χ4v) is 1.86. The second-order valence-corrected chi connectivity index (χ2v) is 4.38. The highest BCUT2D eigenvalue weighted by molar-refractivity contribution is 5.84. The van der Waals surface area contributed by atoms with Crippen LogP contribution in [0.5, 0.6) is 0 Å². The summed E-state index contributed by atoms with van der Waals surface area (Å²) < 4.78 is 0. The predicted octanol–water partition coefficient (Wildman–Crippen LogP) is 3.34. The van der Waals surface area contributed by atoms with Crippen LogP contribution in [0.2, 0.25) is 0 Å². The molecule has 0 bridgehead atoms. The van der Waals surface area contributed by atoms with Crippen LogP contribution >= 0.6 is 0 Å². The molecule has 80 valence electrons. The largest absolute Gasteiger partial charge is 0.389 e. The molecule has 0 radical (unpaired) electrons. The third-order valence-electron chi connectivity index (χ3n) is 2.85. The third-order valence-corrected chi connectivity index (χ3v) is 2.85. The van der Waals surface area contributed by atoms with Crippen molar-refractivity contribution in [3.8, 4) is 0 Å². The van der Waals surface area contributed by atoms with Crippen LogP contribution in [0.4, 0.5) is 0 Å². The molecule has 2 heteroatoms. The summed E-state index contributed by atoms with van der Waals surface area (Å²) in [4.78, 5) is 3.18. The summed E-state index contributed by atoms with van der Waals surface area (Å²) >= 11 is 0. The number of hydrogen-bond acceptors (Lipinski definition) is 1. The number of nitrogens with one attached hydrogen (secondary N) is 1. The number of hydrogen-bond donors (Lipinski definition) is 2. The van der Waals surface area contributed by atoms with Gasteiger partial charge in [0, 0.05) is 22.7 Å². The van der Waals surface area contributed by atoms with Crippen LogP contribution in [-0.4, -0.2) is 10.1 Å². The summed E-state index contributed by atoms with van der Waals surface area (Å²) in [5.74, 6) is 0.520. The molecule has 0 fully saturated rings. The summed E-state index contributed by atoms with van der Waals surface area (Å²) in [6.07, 6.45) is 1.47. The van der Waals surface area contributed by atoms with E-state index < -0.39 is 6.10 Å². The fraction of sp³-hybridized carbons (Fsp3) is 0.385. The molecule has 2 rings (SSSR count). The van der Waals surface area contributed by atoms with Gasteiger partial charge in [-0.05, 0) is 30.5 Å². The van der Waals surface area contributed by atoms with Crippen LogP contribution in [-0.2, 0) is 0 Å². The van der Waals surface area contributed by atoms with Gasteiger partial charge < -0.3 is 10.1 Å². The highest BCUT2D eigenvalue weighted by atomic mass is 16.3. The Morgan fingerprint density at radius 2 is 1.93 bits per heavy atom. The topological polar surface area (TPSA) is 36.0 Å². The van der Waals surface area contributed by atoms with E-state index in [-0.39, 0.29) is 0 Å². The van der Waals surface area contributed by atoms with Gasteiger partial charge in [0.1, 0.15) is 0 Å². The molecule has 0 saturated heterocycles. The SMILES string of the molecule is CC(C)c1ccc2[nH]cc(C(C)O)c2c1. The molecule has 1 aromatic heterocycles. The zero-order chi connectivity index (χ0) is 11.0. The van der Waals surface area contributed by atoms with Gasteiger partial charge in [-0.15, -0.1) is 0 Å². The van der Waals surface area contributed by atoms with E-state index in [1.807, 2.05) is 6.20 Å². The molecular formula is C13H17NO. The summed E-state index contributed by atoms with van der Waals surface area (Å²) in [5, 5.41) is 10.8. The minimum atomic E-state index is -0.416. The maximum atomic E-state index is 9.62. The number of fused-ring (bicyclic) bond motifs is 1. The van der Waals surface area contributed by atoms with Crippen molar-refractivity contribution in [2.24, 2.45) is 0 Å². The van der Waals surface area contributed by atoms with E-state index in [0.29, 0.717) is 5.92 Å². The Bertz CT molecular complexity index is 468. The minimum Gasteiger partial charge on any atom is -0.389 e. The van der Waals surface area contributed by atoms with Gasteiger partial charge in [-0.2, -0.15) is 0 Å². The molecule has 0 aliphatic heterocycles. The van der Waals surface area contributed by atoms with Crippen molar-refractivity contribution >= 4 is 10.9 Å². The zero-order valence-electron chi connectivity index (χ0n) is 9.41. The number of H-pyrrole nitrogens is 1. The lowest BCUT2D eigenvalue weighted by Gasteiger charge is -2.07. The molecule has 0 aliphatic rings. The smallest absolute Gasteiger partial charge is 0.0782 e.